The number of nitrogens with one attached hydrogen (secondary N) is 3. The van der Waals surface area contributed by atoms with Crippen molar-refractivity contribution in [3.8, 4) is 0 Å². The fourth-order valence-corrected chi connectivity index (χ4v) is 2.20. The number of imidazole rings is 1. The first-order valence-electron chi connectivity index (χ1n) is 6.43. The van der Waals surface area contributed by atoms with Gasteiger partial charge in [-0.3, -0.25) is 20.1 Å². The standard InChI is InChI=1S/C14H9N5O3/c20-12(7-1-3-15-4-2-7)19-13-16-8-5-10-11(6-9(8)17-13)22-14(21)18-10/h1-6H,(H,18,21)(H2,16,17,19,20). The number of anilines is 1. The number of carbonyl (C=O) groups is 1. The molecule has 0 bridgehead atoms. The average Bonchev–Trinajstić information content (AvgIpc) is 3.06. The van der Waals surface area contributed by atoms with Crippen LogP contribution in [0.2, 0.25) is 0 Å². The number of rotatable bonds is 2. The summed E-state index contributed by atoms with van der Waals surface area (Å²) in [7, 11) is 0. The van der Waals surface area contributed by atoms with Crippen LogP contribution in [0.5, 0.6) is 0 Å². The van der Waals surface area contributed by atoms with Crippen molar-refractivity contribution in [2.45, 2.75) is 0 Å². The Hall–Kier alpha value is -3.42. The Bertz CT molecular complexity index is 991. The number of pyridine rings is 1. The second kappa shape index (κ2) is 4.55. The Morgan fingerprint density at radius 3 is 2.77 bits per heavy atom. The predicted octanol–water partition coefficient (Wildman–Crippen LogP) is 1.64. The molecule has 1 aromatic carbocycles. The second-order valence-electron chi connectivity index (χ2n) is 4.66. The van der Waals surface area contributed by atoms with Crippen LogP contribution in [0.15, 0.2) is 45.9 Å². The lowest BCUT2D eigenvalue weighted by Gasteiger charge is -2.00. The van der Waals surface area contributed by atoms with Gasteiger partial charge in [0.1, 0.15) is 0 Å². The molecule has 0 saturated carbocycles. The SMILES string of the molecule is O=C(Nc1nc2cc3oc(=O)[nH]c3cc2[nH]1)c1ccncc1. The third kappa shape index (κ3) is 2.03. The van der Waals surface area contributed by atoms with Crippen molar-refractivity contribution in [1.29, 1.82) is 0 Å². The van der Waals surface area contributed by atoms with E-state index in [9.17, 15) is 9.59 Å². The van der Waals surface area contributed by atoms with Gasteiger partial charge in [0.05, 0.1) is 16.6 Å². The third-order valence-electron chi connectivity index (χ3n) is 3.20. The Morgan fingerprint density at radius 1 is 1.14 bits per heavy atom. The monoisotopic (exact) mass is 295 g/mol. The zero-order valence-corrected chi connectivity index (χ0v) is 11.1. The van der Waals surface area contributed by atoms with Crippen molar-refractivity contribution in [2.24, 2.45) is 0 Å². The van der Waals surface area contributed by atoms with Crippen LogP contribution in [0.4, 0.5) is 5.95 Å². The Morgan fingerprint density at radius 2 is 1.95 bits per heavy atom. The van der Waals surface area contributed by atoms with E-state index in [4.69, 9.17) is 4.42 Å². The zero-order chi connectivity index (χ0) is 15.1. The fourth-order valence-electron chi connectivity index (χ4n) is 2.20. The molecule has 8 nitrogen and oxygen atoms in total. The van der Waals surface area contributed by atoms with Crippen molar-refractivity contribution in [1.82, 2.24) is 19.9 Å². The summed E-state index contributed by atoms with van der Waals surface area (Å²) in [6.45, 7) is 0. The van der Waals surface area contributed by atoms with E-state index < -0.39 is 5.76 Å². The van der Waals surface area contributed by atoms with Gasteiger partial charge in [0.15, 0.2) is 5.58 Å². The van der Waals surface area contributed by atoms with Crippen LogP contribution in [0.1, 0.15) is 10.4 Å². The van der Waals surface area contributed by atoms with E-state index in [0.717, 1.165) is 0 Å². The number of aromatic amines is 2. The van der Waals surface area contributed by atoms with Crippen LogP contribution in [0, 0.1) is 0 Å². The predicted molar refractivity (Wildman–Crippen MR) is 78.7 cm³/mol. The topological polar surface area (TPSA) is 117 Å². The summed E-state index contributed by atoms with van der Waals surface area (Å²) >= 11 is 0. The smallest absolute Gasteiger partial charge is 0.408 e. The lowest BCUT2D eigenvalue weighted by atomic mass is 10.2. The molecule has 8 heteroatoms. The largest absolute Gasteiger partial charge is 0.417 e. The molecule has 0 aliphatic rings. The minimum atomic E-state index is -0.520. The number of aromatic nitrogens is 4. The molecule has 0 aliphatic heterocycles. The van der Waals surface area contributed by atoms with E-state index in [-0.39, 0.29) is 5.91 Å². The van der Waals surface area contributed by atoms with Crippen molar-refractivity contribution >= 4 is 34.0 Å². The third-order valence-corrected chi connectivity index (χ3v) is 3.20. The lowest BCUT2D eigenvalue weighted by molar-refractivity contribution is 0.102. The van der Waals surface area contributed by atoms with Gasteiger partial charge in [0, 0.05) is 24.0 Å². The van der Waals surface area contributed by atoms with Crippen LogP contribution in [0.3, 0.4) is 0 Å². The number of fused-ring (bicyclic) bond motifs is 2. The second-order valence-corrected chi connectivity index (χ2v) is 4.66. The molecular weight excluding hydrogens is 286 g/mol. The summed E-state index contributed by atoms with van der Waals surface area (Å²) in [6.07, 6.45) is 3.08. The summed E-state index contributed by atoms with van der Waals surface area (Å²) in [5, 5.41) is 2.67. The van der Waals surface area contributed by atoms with Gasteiger partial charge < -0.3 is 9.40 Å². The highest BCUT2D eigenvalue weighted by Crippen LogP contribution is 2.20. The number of benzene rings is 1. The number of nitrogens with zero attached hydrogens (tertiary/aromatic N) is 2. The number of amides is 1. The number of H-pyrrole nitrogens is 2. The van der Waals surface area contributed by atoms with Crippen LogP contribution in [-0.4, -0.2) is 25.8 Å². The number of oxazole rings is 1. The summed E-state index contributed by atoms with van der Waals surface area (Å²) in [4.78, 5) is 36.9. The molecule has 3 N–H and O–H groups in total. The molecule has 1 amide bonds. The van der Waals surface area contributed by atoms with Crippen molar-refractivity contribution < 1.29 is 9.21 Å². The molecule has 0 saturated heterocycles. The summed E-state index contributed by atoms with van der Waals surface area (Å²) in [5.41, 5.74) is 2.72. The molecule has 4 rings (SSSR count). The Labute approximate surface area is 122 Å². The molecule has 0 spiro atoms. The van der Waals surface area contributed by atoms with E-state index in [2.05, 4.69) is 25.3 Å². The number of hydrogen-bond donors (Lipinski definition) is 3. The van der Waals surface area contributed by atoms with Gasteiger partial charge in [0.25, 0.3) is 5.91 Å². The molecule has 0 fully saturated rings. The Kier molecular flexibility index (Phi) is 2.55. The van der Waals surface area contributed by atoms with Gasteiger partial charge in [-0.15, -0.1) is 0 Å². The van der Waals surface area contributed by atoms with Gasteiger partial charge in [-0.25, -0.2) is 9.78 Å². The normalized spacial score (nSPS) is 11.1. The maximum absolute atomic E-state index is 12.1. The molecule has 0 aliphatic carbocycles. The highest BCUT2D eigenvalue weighted by Gasteiger charge is 2.11. The van der Waals surface area contributed by atoms with E-state index in [0.29, 0.717) is 33.6 Å². The zero-order valence-electron chi connectivity index (χ0n) is 11.1. The van der Waals surface area contributed by atoms with E-state index >= 15 is 0 Å². The van der Waals surface area contributed by atoms with Crippen molar-refractivity contribution in [2.75, 3.05) is 5.32 Å². The molecule has 0 unspecified atom stereocenters. The van der Waals surface area contributed by atoms with Crippen molar-refractivity contribution in [3.05, 3.63) is 52.8 Å². The molecule has 22 heavy (non-hydrogen) atoms. The molecular formula is C14H9N5O3. The first kappa shape index (κ1) is 12.3. The van der Waals surface area contributed by atoms with Crippen LogP contribution < -0.4 is 11.1 Å². The number of carbonyl (C=O) groups excluding carboxylic acids is 1. The first-order chi connectivity index (χ1) is 10.7. The fraction of sp³-hybridized carbons (Fsp3) is 0. The van der Waals surface area contributed by atoms with E-state index in [1.807, 2.05) is 0 Å². The number of hydrogen-bond acceptors (Lipinski definition) is 5. The van der Waals surface area contributed by atoms with E-state index in [1.54, 1.807) is 24.3 Å². The molecule has 3 heterocycles. The minimum Gasteiger partial charge on any atom is -0.408 e. The van der Waals surface area contributed by atoms with Gasteiger partial charge in [0.2, 0.25) is 5.95 Å². The van der Waals surface area contributed by atoms with E-state index in [1.165, 1.54) is 12.4 Å². The van der Waals surface area contributed by atoms with Crippen LogP contribution >= 0.6 is 0 Å². The van der Waals surface area contributed by atoms with Crippen molar-refractivity contribution in [3.63, 3.8) is 0 Å². The maximum Gasteiger partial charge on any atom is 0.417 e. The van der Waals surface area contributed by atoms with Crippen LogP contribution in [-0.2, 0) is 0 Å². The maximum atomic E-state index is 12.1. The molecule has 3 aromatic heterocycles. The first-order valence-corrected chi connectivity index (χ1v) is 6.43. The Balaban J connectivity index is 1.70. The average molecular weight is 295 g/mol. The minimum absolute atomic E-state index is 0.293. The molecule has 108 valence electrons. The van der Waals surface area contributed by atoms with Crippen LogP contribution in [0.25, 0.3) is 22.1 Å². The molecule has 4 aromatic rings. The highest BCUT2D eigenvalue weighted by atomic mass is 16.4. The quantitative estimate of drug-likeness (QED) is 0.520. The van der Waals surface area contributed by atoms with Gasteiger partial charge in [-0.2, -0.15) is 0 Å². The summed E-state index contributed by atoms with van der Waals surface area (Å²) in [6, 6.07) is 6.54. The lowest BCUT2D eigenvalue weighted by Crippen LogP contribution is -2.12. The van der Waals surface area contributed by atoms with Gasteiger partial charge in [-0.05, 0) is 18.2 Å². The highest BCUT2D eigenvalue weighted by molar-refractivity contribution is 6.04. The van der Waals surface area contributed by atoms with Gasteiger partial charge in [-0.1, -0.05) is 0 Å². The summed E-state index contributed by atoms with van der Waals surface area (Å²) in [5.74, 6) is -0.501. The van der Waals surface area contributed by atoms with Gasteiger partial charge >= 0.3 is 5.76 Å². The molecule has 0 radical (unpaired) electrons. The summed E-state index contributed by atoms with van der Waals surface area (Å²) < 4.78 is 4.98. The molecule has 0 atom stereocenters.